The van der Waals surface area contributed by atoms with E-state index in [1.807, 2.05) is 19.1 Å². The fourth-order valence-corrected chi connectivity index (χ4v) is 2.86. The third-order valence-electron chi connectivity index (χ3n) is 4.71. The van der Waals surface area contributed by atoms with Gasteiger partial charge in [0.1, 0.15) is 5.75 Å². The average molecular weight is 398 g/mol. The van der Waals surface area contributed by atoms with Gasteiger partial charge in [0, 0.05) is 31.3 Å². The van der Waals surface area contributed by atoms with Gasteiger partial charge < -0.3 is 20.1 Å². The molecule has 0 radical (unpaired) electrons. The molecule has 0 saturated carbocycles. The number of nitrogens with zero attached hydrogens (tertiary/aromatic N) is 1. The summed E-state index contributed by atoms with van der Waals surface area (Å²) in [6.45, 7) is 2.37. The standard InChI is InChI=1S/C22H26N2O5/c1-4-24(2)21(26)17-10-7-9-16(13-17)20(25)23-14-18(22(27)28)12-15-8-5-6-11-19(15)29-3/h5-11,13,18H,4,12,14H2,1-3H3,(H,23,25)(H,27,28). The Morgan fingerprint density at radius 1 is 1.10 bits per heavy atom. The van der Waals surface area contributed by atoms with Crippen molar-refractivity contribution in [1.82, 2.24) is 10.2 Å². The Balaban J connectivity index is 2.07. The number of nitrogens with one attached hydrogen (secondary N) is 1. The van der Waals surface area contributed by atoms with Crippen molar-refractivity contribution < 1.29 is 24.2 Å². The zero-order valence-electron chi connectivity index (χ0n) is 16.8. The van der Waals surface area contributed by atoms with Crippen LogP contribution in [0.15, 0.2) is 48.5 Å². The largest absolute Gasteiger partial charge is 0.496 e. The van der Waals surface area contributed by atoms with Gasteiger partial charge in [-0.05, 0) is 43.2 Å². The molecule has 2 aromatic rings. The van der Waals surface area contributed by atoms with E-state index >= 15 is 0 Å². The molecule has 1 atom stereocenters. The molecule has 29 heavy (non-hydrogen) atoms. The topological polar surface area (TPSA) is 95.9 Å². The maximum absolute atomic E-state index is 12.5. The summed E-state index contributed by atoms with van der Waals surface area (Å²) < 4.78 is 5.27. The molecule has 0 bridgehead atoms. The van der Waals surface area contributed by atoms with E-state index in [-0.39, 0.29) is 18.9 Å². The number of hydrogen-bond donors (Lipinski definition) is 2. The van der Waals surface area contributed by atoms with E-state index in [0.29, 0.717) is 23.4 Å². The first-order valence-corrected chi connectivity index (χ1v) is 9.35. The Bertz CT molecular complexity index is 881. The van der Waals surface area contributed by atoms with Crippen LogP contribution < -0.4 is 10.1 Å². The van der Waals surface area contributed by atoms with Crippen LogP contribution in [0.2, 0.25) is 0 Å². The number of carboxylic acid groups (broad SMARTS) is 1. The molecule has 0 aliphatic heterocycles. The lowest BCUT2D eigenvalue weighted by Gasteiger charge is -2.16. The number of methoxy groups -OCH3 is 1. The van der Waals surface area contributed by atoms with Crippen molar-refractivity contribution in [3.8, 4) is 5.75 Å². The van der Waals surface area contributed by atoms with Gasteiger partial charge in [0.05, 0.1) is 13.0 Å². The summed E-state index contributed by atoms with van der Waals surface area (Å²) in [7, 11) is 3.21. The Kier molecular flexibility index (Phi) is 7.77. The van der Waals surface area contributed by atoms with Crippen molar-refractivity contribution >= 4 is 17.8 Å². The summed E-state index contributed by atoms with van der Waals surface area (Å²) in [5.74, 6) is -1.82. The fourth-order valence-electron chi connectivity index (χ4n) is 2.86. The number of carboxylic acids is 1. The minimum absolute atomic E-state index is 0.0424. The smallest absolute Gasteiger partial charge is 0.308 e. The summed E-state index contributed by atoms with van der Waals surface area (Å²) >= 11 is 0. The summed E-state index contributed by atoms with van der Waals surface area (Å²) in [4.78, 5) is 38.0. The molecule has 0 aliphatic carbocycles. The van der Waals surface area contributed by atoms with Crippen LogP contribution in [0.25, 0.3) is 0 Å². The first kappa shape index (κ1) is 21.9. The van der Waals surface area contributed by atoms with Crippen LogP contribution >= 0.6 is 0 Å². The van der Waals surface area contributed by atoms with E-state index in [0.717, 1.165) is 5.56 Å². The van der Waals surface area contributed by atoms with Crippen LogP contribution in [0, 0.1) is 5.92 Å². The zero-order chi connectivity index (χ0) is 21.4. The number of ether oxygens (including phenoxy) is 1. The summed E-state index contributed by atoms with van der Waals surface area (Å²) in [5, 5.41) is 12.2. The second kappa shape index (κ2) is 10.3. The lowest BCUT2D eigenvalue weighted by Crippen LogP contribution is -2.34. The minimum atomic E-state index is -1.01. The van der Waals surface area contributed by atoms with Gasteiger partial charge in [0.25, 0.3) is 11.8 Å². The highest BCUT2D eigenvalue weighted by Gasteiger charge is 2.21. The molecule has 7 nitrogen and oxygen atoms in total. The average Bonchev–Trinajstić information content (AvgIpc) is 2.75. The van der Waals surface area contributed by atoms with Gasteiger partial charge in [0.2, 0.25) is 0 Å². The molecule has 0 saturated heterocycles. The number of amides is 2. The number of aliphatic carboxylic acids is 1. The van der Waals surface area contributed by atoms with Crippen LogP contribution in [0.1, 0.15) is 33.2 Å². The first-order chi connectivity index (χ1) is 13.9. The summed E-state index contributed by atoms with van der Waals surface area (Å²) in [5.41, 5.74) is 1.47. The molecule has 0 aliphatic rings. The lowest BCUT2D eigenvalue weighted by atomic mass is 9.98. The van der Waals surface area contributed by atoms with Gasteiger partial charge in [-0.15, -0.1) is 0 Å². The molecule has 0 spiro atoms. The first-order valence-electron chi connectivity index (χ1n) is 9.35. The highest BCUT2D eigenvalue weighted by Crippen LogP contribution is 2.21. The van der Waals surface area contributed by atoms with Crippen LogP contribution in [0.4, 0.5) is 0 Å². The van der Waals surface area contributed by atoms with Crippen molar-refractivity contribution in [1.29, 1.82) is 0 Å². The number of benzene rings is 2. The van der Waals surface area contributed by atoms with Crippen LogP contribution in [0.3, 0.4) is 0 Å². The second-order valence-corrected chi connectivity index (χ2v) is 6.66. The van der Waals surface area contributed by atoms with E-state index in [2.05, 4.69) is 5.32 Å². The zero-order valence-corrected chi connectivity index (χ0v) is 16.8. The Morgan fingerprint density at radius 3 is 2.45 bits per heavy atom. The fraction of sp³-hybridized carbons (Fsp3) is 0.318. The van der Waals surface area contributed by atoms with Crippen molar-refractivity contribution in [3.63, 3.8) is 0 Å². The van der Waals surface area contributed by atoms with Gasteiger partial charge >= 0.3 is 5.97 Å². The summed E-state index contributed by atoms with van der Waals surface area (Å²) in [6, 6.07) is 13.6. The SMILES string of the molecule is CCN(C)C(=O)c1cccc(C(=O)NCC(Cc2ccccc2OC)C(=O)O)c1. The molecule has 1 unspecified atom stereocenters. The molecule has 7 heteroatoms. The molecule has 2 amide bonds. The second-order valence-electron chi connectivity index (χ2n) is 6.66. The minimum Gasteiger partial charge on any atom is -0.496 e. The number of hydrogen-bond acceptors (Lipinski definition) is 4. The molecule has 2 rings (SSSR count). The third-order valence-corrected chi connectivity index (χ3v) is 4.71. The van der Waals surface area contributed by atoms with Crippen LogP contribution in [-0.2, 0) is 11.2 Å². The molecule has 2 N–H and O–H groups in total. The predicted molar refractivity (Wildman–Crippen MR) is 109 cm³/mol. The Hall–Kier alpha value is -3.35. The third kappa shape index (κ3) is 5.81. The Morgan fingerprint density at radius 2 is 1.79 bits per heavy atom. The van der Waals surface area contributed by atoms with Gasteiger partial charge in [-0.2, -0.15) is 0 Å². The van der Waals surface area contributed by atoms with Crippen molar-refractivity contribution in [2.45, 2.75) is 13.3 Å². The van der Waals surface area contributed by atoms with Gasteiger partial charge in [-0.1, -0.05) is 24.3 Å². The number of carbonyl (C=O) groups is 3. The van der Waals surface area contributed by atoms with Gasteiger partial charge in [-0.25, -0.2) is 0 Å². The number of para-hydroxylation sites is 1. The molecule has 0 fully saturated rings. The molecule has 0 heterocycles. The van der Waals surface area contributed by atoms with Crippen molar-refractivity contribution in [2.24, 2.45) is 5.92 Å². The molecule has 2 aromatic carbocycles. The lowest BCUT2D eigenvalue weighted by molar-refractivity contribution is -0.141. The van der Waals surface area contributed by atoms with Gasteiger partial charge in [0.15, 0.2) is 0 Å². The maximum Gasteiger partial charge on any atom is 0.308 e. The predicted octanol–water partition coefficient (Wildman–Crippen LogP) is 2.46. The normalized spacial score (nSPS) is 11.4. The molecular weight excluding hydrogens is 372 g/mol. The van der Waals surface area contributed by atoms with E-state index < -0.39 is 17.8 Å². The quantitative estimate of drug-likeness (QED) is 0.676. The monoisotopic (exact) mass is 398 g/mol. The molecule has 154 valence electrons. The molecule has 0 aromatic heterocycles. The van der Waals surface area contributed by atoms with Crippen LogP contribution in [0.5, 0.6) is 5.75 Å². The van der Waals surface area contributed by atoms with E-state index in [9.17, 15) is 19.5 Å². The van der Waals surface area contributed by atoms with Crippen molar-refractivity contribution in [2.75, 3.05) is 27.2 Å². The van der Waals surface area contributed by atoms with E-state index in [1.54, 1.807) is 42.3 Å². The highest BCUT2D eigenvalue weighted by atomic mass is 16.5. The highest BCUT2D eigenvalue weighted by molar-refractivity contribution is 5.99. The summed E-state index contributed by atoms with van der Waals surface area (Å²) in [6.07, 6.45) is 0.222. The number of carbonyl (C=O) groups excluding carboxylic acids is 2. The number of rotatable bonds is 9. The molecular formula is C22H26N2O5. The van der Waals surface area contributed by atoms with E-state index in [1.165, 1.54) is 13.2 Å². The van der Waals surface area contributed by atoms with Crippen molar-refractivity contribution in [3.05, 3.63) is 65.2 Å². The van der Waals surface area contributed by atoms with Gasteiger partial charge in [-0.3, -0.25) is 14.4 Å². The Labute approximate surface area is 170 Å². The van der Waals surface area contributed by atoms with Crippen LogP contribution in [-0.4, -0.2) is 55.0 Å². The van der Waals surface area contributed by atoms with E-state index in [4.69, 9.17) is 4.74 Å². The maximum atomic E-state index is 12.5.